The topological polar surface area (TPSA) is 63.9 Å². The highest BCUT2D eigenvalue weighted by Crippen LogP contribution is 2.20. The number of imidazole rings is 1. The molecule has 0 unspecified atom stereocenters. The van der Waals surface area contributed by atoms with Gasteiger partial charge >= 0.3 is 0 Å². The Bertz CT molecular complexity index is 476. The van der Waals surface area contributed by atoms with Crippen LogP contribution in [-0.4, -0.2) is 16.6 Å². The average molecular weight is 245 g/mol. The molecule has 0 aliphatic carbocycles. The van der Waals surface area contributed by atoms with Crippen molar-refractivity contribution in [2.75, 3.05) is 6.61 Å². The van der Waals surface area contributed by atoms with Crippen molar-refractivity contribution in [3.05, 3.63) is 36.2 Å². The first-order valence-electron chi connectivity index (χ1n) is 6.30. The Hall–Kier alpha value is -1.81. The van der Waals surface area contributed by atoms with Gasteiger partial charge in [-0.1, -0.05) is 13.3 Å². The Balaban J connectivity index is 2.02. The Labute approximate surface area is 107 Å². The maximum absolute atomic E-state index is 5.61. The van der Waals surface area contributed by atoms with Gasteiger partial charge < -0.3 is 15.5 Å². The minimum absolute atomic E-state index is 0.477. The predicted octanol–water partition coefficient (Wildman–Crippen LogP) is 2.71. The maximum atomic E-state index is 5.61. The lowest BCUT2D eigenvalue weighted by molar-refractivity contribution is 0.309. The number of ether oxygens (including phenoxy) is 1. The van der Waals surface area contributed by atoms with E-state index in [1.807, 2.05) is 24.3 Å². The van der Waals surface area contributed by atoms with Crippen LogP contribution < -0.4 is 10.5 Å². The highest BCUT2D eigenvalue weighted by molar-refractivity contribution is 5.56. The van der Waals surface area contributed by atoms with Crippen LogP contribution >= 0.6 is 0 Å². The third-order valence-electron chi connectivity index (χ3n) is 2.74. The van der Waals surface area contributed by atoms with Gasteiger partial charge in [0.15, 0.2) is 0 Å². The molecular weight excluding hydrogens is 226 g/mol. The van der Waals surface area contributed by atoms with E-state index >= 15 is 0 Å². The molecule has 1 heterocycles. The van der Waals surface area contributed by atoms with Crippen molar-refractivity contribution >= 4 is 0 Å². The molecule has 0 aliphatic heterocycles. The highest BCUT2D eigenvalue weighted by atomic mass is 16.5. The minimum atomic E-state index is 0.477. The zero-order chi connectivity index (χ0) is 12.8. The number of aromatic amines is 1. The van der Waals surface area contributed by atoms with Crippen molar-refractivity contribution < 1.29 is 4.74 Å². The molecule has 0 saturated heterocycles. The molecule has 0 amide bonds. The van der Waals surface area contributed by atoms with Gasteiger partial charge in [-0.3, -0.25) is 0 Å². The van der Waals surface area contributed by atoms with Gasteiger partial charge in [-0.25, -0.2) is 4.98 Å². The molecule has 18 heavy (non-hydrogen) atoms. The highest BCUT2D eigenvalue weighted by Gasteiger charge is 2.02. The maximum Gasteiger partial charge on any atom is 0.137 e. The Morgan fingerprint density at radius 2 is 2.06 bits per heavy atom. The summed E-state index contributed by atoms with van der Waals surface area (Å²) < 4.78 is 5.61. The second-order valence-electron chi connectivity index (χ2n) is 4.19. The van der Waals surface area contributed by atoms with Crippen LogP contribution in [0.1, 0.15) is 25.5 Å². The van der Waals surface area contributed by atoms with Crippen molar-refractivity contribution in [3.8, 4) is 17.1 Å². The lowest BCUT2D eigenvalue weighted by Crippen LogP contribution is -1.96. The largest absolute Gasteiger partial charge is 0.494 e. The molecule has 2 rings (SSSR count). The SMILES string of the molecule is CCCCOc1ccc(-c2ncc(CN)[nH]2)cc1. The number of hydrogen-bond acceptors (Lipinski definition) is 3. The number of aromatic nitrogens is 2. The smallest absolute Gasteiger partial charge is 0.137 e. The Morgan fingerprint density at radius 1 is 1.28 bits per heavy atom. The molecule has 4 nitrogen and oxygen atoms in total. The van der Waals surface area contributed by atoms with Crippen molar-refractivity contribution in [1.82, 2.24) is 9.97 Å². The average Bonchev–Trinajstić information content (AvgIpc) is 2.89. The van der Waals surface area contributed by atoms with Gasteiger partial charge in [-0.2, -0.15) is 0 Å². The summed E-state index contributed by atoms with van der Waals surface area (Å²) in [7, 11) is 0. The van der Waals surface area contributed by atoms with Crippen LogP contribution in [0.2, 0.25) is 0 Å². The van der Waals surface area contributed by atoms with E-state index in [4.69, 9.17) is 10.5 Å². The number of unbranched alkanes of at least 4 members (excludes halogenated alkanes) is 1. The van der Waals surface area contributed by atoms with E-state index in [0.29, 0.717) is 6.54 Å². The summed E-state index contributed by atoms with van der Waals surface area (Å²) in [4.78, 5) is 7.46. The first kappa shape index (κ1) is 12.6. The zero-order valence-electron chi connectivity index (χ0n) is 10.6. The number of H-pyrrole nitrogens is 1. The summed E-state index contributed by atoms with van der Waals surface area (Å²) in [5.74, 6) is 1.74. The summed E-state index contributed by atoms with van der Waals surface area (Å²) >= 11 is 0. The number of hydrogen-bond donors (Lipinski definition) is 2. The standard InChI is InChI=1S/C14H19N3O/c1-2-3-8-18-13-6-4-11(5-7-13)14-16-10-12(9-15)17-14/h4-7,10H,2-3,8-9,15H2,1H3,(H,16,17). The third-order valence-corrected chi connectivity index (χ3v) is 2.74. The predicted molar refractivity (Wildman–Crippen MR) is 72.3 cm³/mol. The van der Waals surface area contributed by atoms with Crippen LogP contribution in [0, 0.1) is 0 Å². The Kier molecular flexibility index (Phi) is 4.36. The third kappa shape index (κ3) is 3.11. The van der Waals surface area contributed by atoms with Crippen LogP contribution in [0.5, 0.6) is 5.75 Å². The van der Waals surface area contributed by atoms with E-state index in [1.165, 1.54) is 0 Å². The van der Waals surface area contributed by atoms with Crippen LogP contribution in [-0.2, 0) is 6.54 Å². The van der Waals surface area contributed by atoms with Crippen LogP contribution in [0.3, 0.4) is 0 Å². The number of nitrogens with one attached hydrogen (secondary N) is 1. The van der Waals surface area contributed by atoms with Gasteiger partial charge in [0.2, 0.25) is 0 Å². The summed E-state index contributed by atoms with van der Waals surface area (Å²) in [5, 5.41) is 0. The van der Waals surface area contributed by atoms with Crippen molar-refractivity contribution in [2.24, 2.45) is 5.73 Å². The summed E-state index contributed by atoms with van der Waals surface area (Å²) in [6.07, 6.45) is 3.99. The van der Waals surface area contributed by atoms with E-state index < -0.39 is 0 Å². The second kappa shape index (κ2) is 6.21. The lowest BCUT2D eigenvalue weighted by Gasteiger charge is -2.05. The first-order chi connectivity index (χ1) is 8.83. The van der Waals surface area contributed by atoms with Crippen molar-refractivity contribution in [2.45, 2.75) is 26.3 Å². The van der Waals surface area contributed by atoms with E-state index in [1.54, 1.807) is 6.20 Å². The molecular formula is C14H19N3O. The molecule has 0 atom stereocenters. The molecule has 0 fully saturated rings. The lowest BCUT2D eigenvalue weighted by atomic mass is 10.2. The monoisotopic (exact) mass is 245 g/mol. The molecule has 1 aromatic heterocycles. The number of nitrogens with two attached hydrogens (primary N) is 1. The van der Waals surface area contributed by atoms with Crippen molar-refractivity contribution in [3.63, 3.8) is 0 Å². The van der Waals surface area contributed by atoms with E-state index in [-0.39, 0.29) is 0 Å². The molecule has 0 spiro atoms. The fourth-order valence-electron chi connectivity index (χ4n) is 1.65. The van der Waals surface area contributed by atoms with Gasteiger partial charge in [0.05, 0.1) is 6.61 Å². The van der Waals surface area contributed by atoms with Gasteiger partial charge in [-0.05, 0) is 30.7 Å². The summed E-state index contributed by atoms with van der Waals surface area (Å²) in [6.45, 7) is 3.40. The van der Waals surface area contributed by atoms with Gasteiger partial charge in [0.25, 0.3) is 0 Å². The molecule has 0 aliphatic rings. The molecule has 3 N–H and O–H groups in total. The summed E-state index contributed by atoms with van der Waals surface area (Å²) in [6, 6.07) is 7.94. The van der Waals surface area contributed by atoms with E-state index in [9.17, 15) is 0 Å². The quantitative estimate of drug-likeness (QED) is 0.769. The van der Waals surface area contributed by atoms with Gasteiger partial charge in [0.1, 0.15) is 11.6 Å². The number of rotatable bonds is 6. The summed E-state index contributed by atoms with van der Waals surface area (Å²) in [5.41, 5.74) is 7.52. The zero-order valence-corrected chi connectivity index (χ0v) is 10.6. The molecule has 4 heteroatoms. The van der Waals surface area contributed by atoms with Crippen LogP contribution in [0.15, 0.2) is 30.5 Å². The second-order valence-corrected chi connectivity index (χ2v) is 4.19. The molecule has 2 aromatic rings. The van der Waals surface area contributed by atoms with E-state index in [2.05, 4.69) is 16.9 Å². The number of benzene rings is 1. The van der Waals surface area contributed by atoms with Gasteiger partial charge in [0, 0.05) is 24.0 Å². The molecule has 1 aromatic carbocycles. The molecule has 0 radical (unpaired) electrons. The molecule has 0 saturated carbocycles. The minimum Gasteiger partial charge on any atom is -0.494 e. The normalized spacial score (nSPS) is 10.6. The first-order valence-corrected chi connectivity index (χ1v) is 6.30. The fourth-order valence-corrected chi connectivity index (χ4v) is 1.65. The molecule has 0 bridgehead atoms. The Morgan fingerprint density at radius 3 is 2.67 bits per heavy atom. The van der Waals surface area contributed by atoms with Crippen LogP contribution in [0.4, 0.5) is 0 Å². The van der Waals surface area contributed by atoms with Crippen molar-refractivity contribution in [1.29, 1.82) is 0 Å². The molecule has 96 valence electrons. The fraction of sp³-hybridized carbons (Fsp3) is 0.357. The van der Waals surface area contributed by atoms with E-state index in [0.717, 1.165) is 42.3 Å². The number of nitrogens with zero attached hydrogens (tertiary/aromatic N) is 1. The van der Waals surface area contributed by atoms with Crippen LogP contribution in [0.25, 0.3) is 11.4 Å². The van der Waals surface area contributed by atoms with Gasteiger partial charge in [-0.15, -0.1) is 0 Å².